The summed E-state index contributed by atoms with van der Waals surface area (Å²) >= 11 is 0. The molecule has 0 unspecified atom stereocenters. The third-order valence-corrected chi connectivity index (χ3v) is 4.66. The molecule has 0 bridgehead atoms. The van der Waals surface area contributed by atoms with Gasteiger partial charge in [-0.25, -0.2) is 0 Å². The van der Waals surface area contributed by atoms with E-state index in [9.17, 15) is 0 Å². The molecule has 0 N–H and O–H groups in total. The highest BCUT2D eigenvalue weighted by Gasteiger charge is 2.31. The second-order valence-corrected chi connectivity index (χ2v) is 6.29. The van der Waals surface area contributed by atoms with Crippen molar-refractivity contribution in [1.29, 1.82) is 0 Å². The summed E-state index contributed by atoms with van der Waals surface area (Å²) in [4.78, 5) is 0. The molecular formula is C12H18O3Si. The maximum absolute atomic E-state index is 5.70. The third kappa shape index (κ3) is 3.28. The van der Waals surface area contributed by atoms with Crippen molar-refractivity contribution in [3.05, 3.63) is 42.0 Å². The molecule has 0 aliphatic rings. The van der Waals surface area contributed by atoms with Gasteiger partial charge < -0.3 is 13.3 Å². The average molecular weight is 238 g/mol. The van der Waals surface area contributed by atoms with Crippen LogP contribution in [-0.4, -0.2) is 23.0 Å². The molecule has 0 saturated heterocycles. The molecule has 0 saturated carbocycles. The van der Waals surface area contributed by atoms with E-state index >= 15 is 0 Å². The second-order valence-electron chi connectivity index (χ2n) is 3.46. The molecular weight excluding hydrogens is 220 g/mol. The van der Waals surface area contributed by atoms with E-state index in [1.54, 1.807) is 14.2 Å². The van der Waals surface area contributed by atoms with Crippen LogP contribution in [0.15, 0.2) is 30.8 Å². The zero-order chi connectivity index (χ0) is 12.0. The number of hydrogen-bond acceptors (Lipinski definition) is 3. The van der Waals surface area contributed by atoms with E-state index in [0.717, 1.165) is 11.1 Å². The van der Waals surface area contributed by atoms with Gasteiger partial charge in [0.05, 0.1) is 6.61 Å². The number of benzene rings is 1. The topological polar surface area (TPSA) is 27.7 Å². The van der Waals surface area contributed by atoms with Crippen molar-refractivity contribution in [3.63, 3.8) is 0 Å². The van der Waals surface area contributed by atoms with Crippen LogP contribution < -0.4 is 0 Å². The van der Waals surface area contributed by atoms with Crippen LogP contribution in [0.1, 0.15) is 11.1 Å². The summed E-state index contributed by atoms with van der Waals surface area (Å²) < 4.78 is 16.2. The minimum Gasteiger partial charge on any atom is -0.377 e. The lowest BCUT2D eigenvalue weighted by Gasteiger charge is -2.22. The zero-order valence-corrected chi connectivity index (χ0v) is 11.0. The maximum Gasteiger partial charge on any atom is 0.497 e. The number of rotatable bonds is 6. The van der Waals surface area contributed by atoms with Crippen LogP contribution in [0.25, 0.3) is 6.08 Å². The van der Waals surface area contributed by atoms with Crippen molar-refractivity contribution in [2.75, 3.05) is 14.2 Å². The fraction of sp³-hybridized carbons (Fsp3) is 0.333. The van der Waals surface area contributed by atoms with Gasteiger partial charge in [0.2, 0.25) is 0 Å². The van der Waals surface area contributed by atoms with Gasteiger partial charge in [0.1, 0.15) is 0 Å². The molecule has 0 aliphatic heterocycles. The first-order valence-corrected chi connectivity index (χ1v) is 7.32. The van der Waals surface area contributed by atoms with E-state index in [-0.39, 0.29) is 0 Å². The molecule has 1 aromatic carbocycles. The van der Waals surface area contributed by atoms with Crippen LogP contribution in [0, 0.1) is 0 Å². The predicted molar refractivity (Wildman–Crippen MR) is 67.0 cm³/mol. The van der Waals surface area contributed by atoms with Crippen molar-refractivity contribution in [3.8, 4) is 0 Å². The molecule has 0 aromatic heterocycles. The van der Waals surface area contributed by atoms with Gasteiger partial charge in [0, 0.05) is 20.8 Å². The summed E-state index contributed by atoms with van der Waals surface area (Å²) in [5, 5.41) is 0. The lowest BCUT2D eigenvalue weighted by Crippen LogP contribution is -2.39. The van der Waals surface area contributed by atoms with Gasteiger partial charge >= 0.3 is 8.80 Å². The normalized spacial score (nSPS) is 11.4. The highest BCUT2D eigenvalue weighted by molar-refractivity contribution is 6.59. The first kappa shape index (κ1) is 13.1. The van der Waals surface area contributed by atoms with Crippen molar-refractivity contribution in [1.82, 2.24) is 0 Å². The maximum atomic E-state index is 5.70. The Morgan fingerprint density at radius 3 is 2.44 bits per heavy atom. The van der Waals surface area contributed by atoms with Crippen LogP contribution in [0.3, 0.4) is 0 Å². The summed E-state index contributed by atoms with van der Waals surface area (Å²) in [5.41, 5.74) is 2.16. The van der Waals surface area contributed by atoms with E-state index < -0.39 is 8.80 Å². The minimum atomic E-state index is -2.45. The van der Waals surface area contributed by atoms with Gasteiger partial charge in [-0.2, -0.15) is 0 Å². The SMILES string of the molecule is C=Cc1ccccc1CO[Si](C)(OC)OC. The largest absolute Gasteiger partial charge is 0.497 e. The van der Waals surface area contributed by atoms with Gasteiger partial charge in [-0.05, 0) is 11.1 Å². The Morgan fingerprint density at radius 1 is 1.25 bits per heavy atom. The van der Waals surface area contributed by atoms with Gasteiger partial charge in [0.15, 0.2) is 0 Å². The molecule has 0 spiro atoms. The first-order chi connectivity index (χ1) is 7.65. The molecule has 0 fully saturated rings. The van der Waals surface area contributed by atoms with Gasteiger partial charge in [-0.15, -0.1) is 0 Å². The van der Waals surface area contributed by atoms with Crippen LogP contribution in [0.4, 0.5) is 0 Å². The molecule has 0 aliphatic carbocycles. The zero-order valence-electron chi connectivity index (χ0n) is 10.0. The van der Waals surface area contributed by atoms with E-state index in [0.29, 0.717) is 6.61 Å². The lowest BCUT2D eigenvalue weighted by atomic mass is 10.1. The van der Waals surface area contributed by atoms with E-state index in [1.165, 1.54) is 0 Å². The lowest BCUT2D eigenvalue weighted by molar-refractivity contribution is 0.0986. The number of hydrogen-bond donors (Lipinski definition) is 0. The Balaban J connectivity index is 2.70. The van der Waals surface area contributed by atoms with Crippen molar-refractivity contribution < 1.29 is 13.3 Å². The van der Waals surface area contributed by atoms with Crippen LogP contribution >= 0.6 is 0 Å². The van der Waals surface area contributed by atoms with Crippen LogP contribution in [0.5, 0.6) is 0 Å². The van der Waals surface area contributed by atoms with Crippen LogP contribution in [0.2, 0.25) is 6.55 Å². The van der Waals surface area contributed by atoms with Gasteiger partial charge in [-0.3, -0.25) is 0 Å². The molecule has 0 atom stereocenters. The Kier molecular flexibility index (Phi) is 4.89. The Hall–Kier alpha value is -0.943. The van der Waals surface area contributed by atoms with Crippen LogP contribution in [-0.2, 0) is 19.9 Å². The molecule has 88 valence electrons. The standard InChI is InChI=1S/C12H18O3Si/c1-5-11-8-6-7-9-12(11)10-15-16(4,13-2)14-3/h5-9H,1,10H2,2-4H3. The summed E-state index contributed by atoms with van der Waals surface area (Å²) in [6.45, 7) is 6.11. The monoisotopic (exact) mass is 238 g/mol. The summed E-state index contributed by atoms with van der Waals surface area (Å²) in [5.74, 6) is 0. The van der Waals surface area contributed by atoms with Crippen molar-refractivity contribution >= 4 is 14.9 Å². The fourth-order valence-electron chi connectivity index (χ4n) is 1.27. The van der Waals surface area contributed by atoms with E-state index in [1.807, 2.05) is 36.9 Å². The highest BCUT2D eigenvalue weighted by atomic mass is 28.4. The summed E-state index contributed by atoms with van der Waals surface area (Å²) in [7, 11) is 0.762. The quantitative estimate of drug-likeness (QED) is 0.713. The smallest absolute Gasteiger partial charge is 0.377 e. The molecule has 16 heavy (non-hydrogen) atoms. The Morgan fingerprint density at radius 2 is 1.88 bits per heavy atom. The Bertz CT molecular complexity index is 348. The summed E-state index contributed by atoms with van der Waals surface area (Å²) in [6.07, 6.45) is 1.82. The first-order valence-electron chi connectivity index (χ1n) is 5.10. The predicted octanol–water partition coefficient (Wildman–Crippen LogP) is 2.71. The molecule has 0 amide bonds. The average Bonchev–Trinajstić information content (AvgIpc) is 2.36. The fourth-order valence-corrected chi connectivity index (χ4v) is 2.09. The van der Waals surface area contributed by atoms with Gasteiger partial charge in [-0.1, -0.05) is 36.9 Å². The third-order valence-electron chi connectivity index (χ3n) is 2.51. The molecule has 4 heteroatoms. The van der Waals surface area contributed by atoms with E-state index in [2.05, 4.69) is 6.58 Å². The minimum absolute atomic E-state index is 0.479. The molecule has 3 nitrogen and oxygen atoms in total. The van der Waals surface area contributed by atoms with Crippen molar-refractivity contribution in [2.45, 2.75) is 13.2 Å². The molecule has 1 aromatic rings. The van der Waals surface area contributed by atoms with E-state index in [4.69, 9.17) is 13.3 Å². The highest BCUT2D eigenvalue weighted by Crippen LogP contribution is 2.15. The Labute approximate surface area is 98.0 Å². The molecule has 0 radical (unpaired) electrons. The van der Waals surface area contributed by atoms with Gasteiger partial charge in [0.25, 0.3) is 0 Å². The molecule has 0 heterocycles. The summed E-state index contributed by atoms with van der Waals surface area (Å²) in [6, 6.07) is 7.97. The van der Waals surface area contributed by atoms with Crippen molar-refractivity contribution in [2.24, 2.45) is 0 Å². The second kappa shape index (κ2) is 5.96. The molecule has 1 rings (SSSR count).